The minimum atomic E-state index is -0.510. The van der Waals surface area contributed by atoms with Gasteiger partial charge >= 0.3 is 0 Å². The second-order valence-electron chi connectivity index (χ2n) is 6.48. The predicted molar refractivity (Wildman–Crippen MR) is 97.1 cm³/mol. The maximum atomic E-state index is 14.2. The number of aromatic amines is 1. The summed E-state index contributed by atoms with van der Waals surface area (Å²) in [7, 11) is 0. The number of fused-ring (bicyclic) bond motifs is 1. The first kappa shape index (κ1) is 16.7. The van der Waals surface area contributed by atoms with Crippen LogP contribution in [0.25, 0.3) is 22.4 Å². The van der Waals surface area contributed by atoms with Gasteiger partial charge in [0.05, 0.1) is 17.3 Å². The molecule has 4 rings (SSSR count). The fourth-order valence-electron chi connectivity index (χ4n) is 3.39. The molecular formula is C18H16ClFN6. The summed E-state index contributed by atoms with van der Waals surface area (Å²) >= 11 is 6.03. The summed E-state index contributed by atoms with van der Waals surface area (Å²) in [5, 5.41) is 13.5. The number of halogens is 2. The molecule has 3 aromatic heterocycles. The van der Waals surface area contributed by atoms with Crippen LogP contribution in [-0.4, -0.2) is 26.0 Å². The fraction of sp³-hybridized carbons (Fsp3) is 0.333. The highest BCUT2D eigenvalue weighted by atomic mass is 35.5. The molecule has 132 valence electrons. The molecule has 0 aliphatic heterocycles. The van der Waals surface area contributed by atoms with Crippen LogP contribution in [-0.2, 0) is 0 Å². The van der Waals surface area contributed by atoms with E-state index in [1.807, 2.05) is 0 Å². The molecule has 0 bridgehead atoms. The van der Waals surface area contributed by atoms with Gasteiger partial charge in [0.15, 0.2) is 17.5 Å². The van der Waals surface area contributed by atoms with E-state index in [-0.39, 0.29) is 17.8 Å². The van der Waals surface area contributed by atoms with E-state index in [1.54, 1.807) is 18.5 Å². The number of rotatable bonds is 3. The number of nitrogens with one attached hydrogen (secondary N) is 2. The van der Waals surface area contributed by atoms with E-state index in [2.05, 4.69) is 31.3 Å². The van der Waals surface area contributed by atoms with Gasteiger partial charge in [-0.3, -0.25) is 0 Å². The van der Waals surface area contributed by atoms with Crippen molar-refractivity contribution in [3.05, 3.63) is 35.5 Å². The Bertz CT molecular complexity index is 995. The van der Waals surface area contributed by atoms with Crippen LogP contribution in [0.4, 0.5) is 10.2 Å². The molecule has 6 nitrogen and oxygen atoms in total. The smallest absolute Gasteiger partial charge is 0.183 e. The third-order valence-corrected chi connectivity index (χ3v) is 4.89. The number of nitriles is 1. The molecule has 8 heteroatoms. The van der Waals surface area contributed by atoms with Gasteiger partial charge in [0.25, 0.3) is 0 Å². The number of pyridine rings is 1. The largest absolute Gasteiger partial charge is 0.365 e. The molecule has 1 saturated carbocycles. The van der Waals surface area contributed by atoms with Gasteiger partial charge in [0, 0.05) is 35.3 Å². The number of hydrogen-bond donors (Lipinski definition) is 2. The van der Waals surface area contributed by atoms with Gasteiger partial charge in [-0.1, -0.05) is 18.0 Å². The first-order valence-electron chi connectivity index (χ1n) is 8.45. The molecule has 1 aliphatic carbocycles. The van der Waals surface area contributed by atoms with Crippen molar-refractivity contribution >= 4 is 28.5 Å². The highest BCUT2D eigenvalue weighted by Gasteiger charge is 2.23. The zero-order valence-electron chi connectivity index (χ0n) is 13.8. The molecule has 0 aromatic carbocycles. The summed E-state index contributed by atoms with van der Waals surface area (Å²) < 4.78 is 14.2. The lowest BCUT2D eigenvalue weighted by Crippen LogP contribution is -2.27. The maximum Gasteiger partial charge on any atom is 0.183 e. The number of nitrogens with zero attached hydrogens (tertiary/aromatic N) is 4. The van der Waals surface area contributed by atoms with Crippen molar-refractivity contribution in [2.75, 3.05) is 5.32 Å². The number of H-pyrrole nitrogens is 1. The molecule has 0 radical (unpaired) electrons. The van der Waals surface area contributed by atoms with Crippen molar-refractivity contribution in [3.8, 4) is 17.5 Å². The SMILES string of the molecule is N#CC1CCCC(Nc2nc(-c3c[nH]c4ncc(Cl)cc34)ncc2F)C1. The second-order valence-corrected chi connectivity index (χ2v) is 6.91. The van der Waals surface area contributed by atoms with Gasteiger partial charge in [-0.05, 0) is 25.3 Å². The average molecular weight is 371 g/mol. The number of anilines is 1. The number of hydrogen-bond acceptors (Lipinski definition) is 5. The third-order valence-electron chi connectivity index (χ3n) is 4.68. The van der Waals surface area contributed by atoms with E-state index in [9.17, 15) is 4.39 Å². The van der Waals surface area contributed by atoms with Gasteiger partial charge in [0.1, 0.15) is 5.65 Å². The Morgan fingerprint density at radius 1 is 1.31 bits per heavy atom. The van der Waals surface area contributed by atoms with Crippen LogP contribution < -0.4 is 5.32 Å². The molecule has 0 amide bonds. The molecule has 0 spiro atoms. The monoisotopic (exact) mass is 370 g/mol. The van der Waals surface area contributed by atoms with E-state index < -0.39 is 5.82 Å². The summed E-state index contributed by atoms with van der Waals surface area (Å²) in [6, 6.07) is 4.11. The highest BCUT2D eigenvalue weighted by molar-refractivity contribution is 6.31. The molecule has 1 fully saturated rings. The van der Waals surface area contributed by atoms with Crippen LogP contribution in [0.3, 0.4) is 0 Å². The highest BCUT2D eigenvalue weighted by Crippen LogP contribution is 2.30. The molecule has 26 heavy (non-hydrogen) atoms. The Labute approximate surface area is 154 Å². The predicted octanol–water partition coefficient (Wildman–Crippen LogP) is 4.31. The maximum absolute atomic E-state index is 14.2. The first-order chi connectivity index (χ1) is 12.6. The molecular weight excluding hydrogens is 355 g/mol. The van der Waals surface area contributed by atoms with Crippen molar-refractivity contribution in [2.24, 2.45) is 5.92 Å². The van der Waals surface area contributed by atoms with E-state index >= 15 is 0 Å². The minimum absolute atomic E-state index is 0.00690. The number of aromatic nitrogens is 4. The van der Waals surface area contributed by atoms with Crippen LogP contribution in [0.5, 0.6) is 0 Å². The van der Waals surface area contributed by atoms with Crippen molar-refractivity contribution < 1.29 is 4.39 Å². The Morgan fingerprint density at radius 2 is 2.19 bits per heavy atom. The van der Waals surface area contributed by atoms with Crippen LogP contribution in [0.1, 0.15) is 25.7 Å². The second kappa shape index (κ2) is 6.89. The summed E-state index contributed by atoms with van der Waals surface area (Å²) in [6.07, 6.45) is 7.88. The zero-order valence-corrected chi connectivity index (χ0v) is 14.6. The summed E-state index contributed by atoms with van der Waals surface area (Å²) in [5.41, 5.74) is 1.37. The average Bonchev–Trinajstić information content (AvgIpc) is 3.07. The zero-order chi connectivity index (χ0) is 18.1. The van der Waals surface area contributed by atoms with Crippen molar-refractivity contribution in [1.82, 2.24) is 19.9 Å². The molecule has 2 unspecified atom stereocenters. The first-order valence-corrected chi connectivity index (χ1v) is 8.83. The topological polar surface area (TPSA) is 90.3 Å². The van der Waals surface area contributed by atoms with Crippen LogP contribution >= 0.6 is 11.6 Å². The van der Waals surface area contributed by atoms with E-state index in [1.165, 1.54) is 0 Å². The Kier molecular flexibility index (Phi) is 4.43. The molecule has 3 aromatic rings. The fourth-order valence-corrected chi connectivity index (χ4v) is 3.55. The Hall–Kier alpha value is -2.72. The van der Waals surface area contributed by atoms with Gasteiger partial charge in [-0.25, -0.2) is 19.3 Å². The Balaban J connectivity index is 1.65. The summed E-state index contributed by atoms with van der Waals surface area (Å²) in [6.45, 7) is 0. The van der Waals surface area contributed by atoms with Crippen LogP contribution in [0.15, 0.2) is 24.7 Å². The van der Waals surface area contributed by atoms with E-state index in [0.717, 1.165) is 30.8 Å². The summed E-state index contributed by atoms with van der Waals surface area (Å²) in [5.74, 6) is 0.0380. The lowest BCUT2D eigenvalue weighted by molar-refractivity contribution is 0.393. The summed E-state index contributed by atoms with van der Waals surface area (Å²) in [4.78, 5) is 15.7. The minimum Gasteiger partial charge on any atom is -0.365 e. The van der Waals surface area contributed by atoms with Crippen molar-refractivity contribution in [1.29, 1.82) is 5.26 Å². The van der Waals surface area contributed by atoms with E-state index in [4.69, 9.17) is 16.9 Å². The van der Waals surface area contributed by atoms with Crippen LogP contribution in [0.2, 0.25) is 5.02 Å². The van der Waals surface area contributed by atoms with Gasteiger partial charge in [-0.2, -0.15) is 5.26 Å². The lowest BCUT2D eigenvalue weighted by atomic mass is 9.87. The molecule has 1 aliphatic rings. The van der Waals surface area contributed by atoms with E-state index in [0.29, 0.717) is 28.5 Å². The normalized spacial score (nSPS) is 20.0. The molecule has 2 N–H and O–H groups in total. The Morgan fingerprint density at radius 3 is 3.04 bits per heavy atom. The third kappa shape index (κ3) is 3.20. The van der Waals surface area contributed by atoms with Crippen molar-refractivity contribution in [3.63, 3.8) is 0 Å². The lowest BCUT2D eigenvalue weighted by Gasteiger charge is -2.26. The van der Waals surface area contributed by atoms with Crippen molar-refractivity contribution in [2.45, 2.75) is 31.7 Å². The van der Waals surface area contributed by atoms with Gasteiger partial charge < -0.3 is 10.3 Å². The van der Waals surface area contributed by atoms with Gasteiger partial charge in [-0.15, -0.1) is 0 Å². The molecule has 0 saturated heterocycles. The quantitative estimate of drug-likeness (QED) is 0.717. The van der Waals surface area contributed by atoms with Gasteiger partial charge in [0.2, 0.25) is 0 Å². The molecule has 2 atom stereocenters. The molecule has 3 heterocycles. The standard InChI is InChI=1S/C18H16ClFN6/c19-11-5-13-14(8-23-16(13)22-7-11)17-24-9-15(20)18(26-17)25-12-3-1-2-10(4-12)6-21/h5,7-10,12H,1-4H2,(H,22,23)(H,24,25,26). The van der Waals surface area contributed by atoms with Crippen LogP contribution in [0, 0.1) is 23.1 Å².